The molecule has 0 saturated heterocycles. The third-order valence-corrected chi connectivity index (χ3v) is 2.53. The molecule has 3 amide bonds. The van der Waals surface area contributed by atoms with Crippen LogP contribution < -0.4 is 15.4 Å². The van der Waals surface area contributed by atoms with Gasteiger partial charge >= 0.3 is 6.03 Å². The minimum Gasteiger partial charge on any atom is -0.482 e. The van der Waals surface area contributed by atoms with Crippen molar-refractivity contribution in [1.29, 1.82) is 5.26 Å². The van der Waals surface area contributed by atoms with Crippen molar-refractivity contribution in [2.24, 2.45) is 0 Å². The largest absolute Gasteiger partial charge is 0.482 e. The van der Waals surface area contributed by atoms with Crippen molar-refractivity contribution >= 4 is 11.9 Å². The maximum atomic E-state index is 11.4. The summed E-state index contributed by atoms with van der Waals surface area (Å²) < 4.78 is 5.20. The van der Waals surface area contributed by atoms with Crippen LogP contribution in [-0.2, 0) is 4.79 Å². The molecule has 0 bridgehead atoms. The van der Waals surface area contributed by atoms with Gasteiger partial charge in [-0.15, -0.1) is 0 Å². The maximum Gasteiger partial charge on any atom is 0.321 e. The zero-order chi connectivity index (χ0) is 13.7. The van der Waals surface area contributed by atoms with Crippen molar-refractivity contribution in [3.8, 4) is 11.8 Å². The maximum absolute atomic E-state index is 11.4. The van der Waals surface area contributed by atoms with E-state index in [1.54, 1.807) is 24.3 Å². The van der Waals surface area contributed by atoms with Gasteiger partial charge in [0.2, 0.25) is 0 Å². The van der Waals surface area contributed by atoms with E-state index < -0.39 is 11.9 Å². The fourth-order valence-corrected chi connectivity index (χ4v) is 1.44. The highest BCUT2D eigenvalue weighted by Gasteiger charge is 2.23. The Hall–Kier alpha value is -2.55. The normalized spacial score (nSPS) is 13.2. The molecule has 2 rings (SSSR count). The lowest BCUT2D eigenvalue weighted by atomic mass is 10.2. The molecule has 0 spiro atoms. The molecule has 0 aliphatic heterocycles. The first kappa shape index (κ1) is 12.9. The second kappa shape index (κ2) is 5.87. The molecule has 1 fully saturated rings. The molecule has 0 radical (unpaired) electrons. The topological polar surface area (TPSA) is 91.2 Å². The molecule has 1 aromatic carbocycles. The molecular formula is C13H13N3O3. The third kappa shape index (κ3) is 4.00. The number of para-hydroxylation sites is 1. The van der Waals surface area contributed by atoms with E-state index in [0.29, 0.717) is 11.3 Å². The fourth-order valence-electron chi connectivity index (χ4n) is 1.44. The fraction of sp³-hybridized carbons (Fsp3) is 0.308. The number of benzene rings is 1. The lowest BCUT2D eigenvalue weighted by Gasteiger charge is -2.08. The molecule has 6 heteroatoms. The average Bonchev–Trinajstić information content (AvgIpc) is 3.20. The van der Waals surface area contributed by atoms with Crippen LogP contribution in [0.2, 0.25) is 0 Å². The molecule has 19 heavy (non-hydrogen) atoms. The van der Waals surface area contributed by atoms with Gasteiger partial charge in [0.15, 0.2) is 6.61 Å². The predicted octanol–water partition coefficient (Wildman–Crippen LogP) is 0.925. The Morgan fingerprint density at radius 1 is 1.37 bits per heavy atom. The number of hydrogen-bond donors (Lipinski definition) is 2. The number of imide groups is 1. The summed E-state index contributed by atoms with van der Waals surface area (Å²) in [6, 6.07) is 8.23. The van der Waals surface area contributed by atoms with Crippen molar-refractivity contribution in [2.75, 3.05) is 6.61 Å². The number of carbonyl (C=O) groups excluding carboxylic acids is 2. The third-order valence-electron chi connectivity index (χ3n) is 2.53. The van der Waals surface area contributed by atoms with Crippen LogP contribution in [0.4, 0.5) is 4.79 Å². The van der Waals surface area contributed by atoms with E-state index in [1.807, 2.05) is 6.07 Å². The summed E-state index contributed by atoms with van der Waals surface area (Å²) in [6.07, 6.45) is 1.90. The van der Waals surface area contributed by atoms with Crippen LogP contribution >= 0.6 is 0 Å². The van der Waals surface area contributed by atoms with Crippen molar-refractivity contribution in [2.45, 2.75) is 18.9 Å². The van der Waals surface area contributed by atoms with Gasteiger partial charge in [0, 0.05) is 6.04 Å². The lowest BCUT2D eigenvalue weighted by molar-refractivity contribution is -0.122. The highest BCUT2D eigenvalue weighted by molar-refractivity contribution is 5.95. The summed E-state index contributed by atoms with van der Waals surface area (Å²) >= 11 is 0. The first-order valence-electron chi connectivity index (χ1n) is 5.91. The first-order valence-corrected chi connectivity index (χ1v) is 5.91. The van der Waals surface area contributed by atoms with Gasteiger partial charge in [-0.3, -0.25) is 10.1 Å². The zero-order valence-corrected chi connectivity index (χ0v) is 10.2. The second-order valence-electron chi connectivity index (χ2n) is 4.19. The van der Waals surface area contributed by atoms with Crippen LogP contribution in [0.3, 0.4) is 0 Å². The van der Waals surface area contributed by atoms with Crippen LogP contribution in [0.1, 0.15) is 18.4 Å². The van der Waals surface area contributed by atoms with Gasteiger partial charge in [0.1, 0.15) is 11.8 Å². The highest BCUT2D eigenvalue weighted by Crippen LogP contribution is 2.18. The molecular weight excluding hydrogens is 246 g/mol. The number of hydrogen-bond acceptors (Lipinski definition) is 4. The Bertz CT molecular complexity index is 532. The van der Waals surface area contributed by atoms with Gasteiger partial charge < -0.3 is 10.1 Å². The first-order chi connectivity index (χ1) is 9.19. The Kier molecular flexibility index (Phi) is 3.98. The van der Waals surface area contributed by atoms with Gasteiger partial charge in [-0.2, -0.15) is 5.26 Å². The Labute approximate surface area is 110 Å². The van der Waals surface area contributed by atoms with Gasteiger partial charge in [-0.05, 0) is 25.0 Å². The number of nitriles is 1. The van der Waals surface area contributed by atoms with Gasteiger partial charge in [0.05, 0.1) is 5.56 Å². The summed E-state index contributed by atoms with van der Waals surface area (Å²) in [7, 11) is 0. The van der Waals surface area contributed by atoms with E-state index in [1.165, 1.54) is 0 Å². The summed E-state index contributed by atoms with van der Waals surface area (Å²) in [5, 5.41) is 13.6. The lowest BCUT2D eigenvalue weighted by Crippen LogP contribution is -2.42. The molecule has 0 aromatic heterocycles. The number of nitrogens with zero attached hydrogens (tertiary/aromatic N) is 1. The summed E-state index contributed by atoms with van der Waals surface area (Å²) in [5.74, 6) is -0.228. The standard InChI is InChI=1S/C13H13N3O3/c14-7-9-3-1-2-4-11(9)19-8-12(17)16-13(18)15-10-5-6-10/h1-4,10H,5-6,8H2,(H2,15,16,17,18). The van der Waals surface area contributed by atoms with Gasteiger partial charge in [-0.25, -0.2) is 4.79 Å². The summed E-state index contributed by atoms with van der Waals surface area (Å²) in [4.78, 5) is 22.7. The highest BCUT2D eigenvalue weighted by atomic mass is 16.5. The molecule has 1 aromatic rings. The minimum absolute atomic E-state index is 0.188. The van der Waals surface area contributed by atoms with Crippen molar-refractivity contribution < 1.29 is 14.3 Å². The number of urea groups is 1. The van der Waals surface area contributed by atoms with E-state index in [-0.39, 0.29) is 12.6 Å². The summed E-state index contributed by atoms with van der Waals surface area (Å²) in [5.41, 5.74) is 0.345. The van der Waals surface area contributed by atoms with E-state index in [9.17, 15) is 9.59 Å². The molecule has 0 unspecified atom stereocenters. The Morgan fingerprint density at radius 2 is 2.11 bits per heavy atom. The number of amides is 3. The Balaban J connectivity index is 1.79. The molecule has 1 aliphatic carbocycles. The van der Waals surface area contributed by atoms with Gasteiger partial charge in [-0.1, -0.05) is 12.1 Å². The monoisotopic (exact) mass is 259 g/mol. The number of ether oxygens (including phenoxy) is 1. The SMILES string of the molecule is N#Cc1ccccc1OCC(=O)NC(=O)NC1CC1. The van der Waals surface area contributed by atoms with Crippen LogP contribution in [-0.4, -0.2) is 24.6 Å². The predicted molar refractivity (Wildman–Crippen MR) is 66.3 cm³/mol. The second-order valence-corrected chi connectivity index (χ2v) is 4.19. The van der Waals surface area contributed by atoms with Crippen LogP contribution in [0.15, 0.2) is 24.3 Å². The zero-order valence-electron chi connectivity index (χ0n) is 10.2. The van der Waals surface area contributed by atoms with E-state index in [2.05, 4.69) is 10.6 Å². The van der Waals surface area contributed by atoms with Crippen LogP contribution in [0, 0.1) is 11.3 Å². The molecule has 98 valence electrons. The number of nitrogens with one attached hydrogen (secondary N) is 2. The van der Waals surface area contributed by atoms with Crippen molar-refractivity contribution in [3.05, 3.63) is 29.8 Å². The van der Waals surface area contributed by atoms with Crippen molar-refractivity contribution in [1.82, 2.24) is 10.6 Å². The Morgan fingerprint density at radius 3 is 2.79 bits per heavy atom. The molecule has 1 aliphatic rings. The molecule has 0 atom stereocenters. The van der Waals surface area contributed by atoms with E-state index >= 15 is 0 Å². The molecule has 2 N–H and O–H groups in total. The van der Waals surface area contributed by atoms with Crippen LogP contribution in [0.25, 0.3) is 0 Å². The quantitative estimate of drug-likeness (QED) is 0.841. The smallest absolute Gasteiger partial charge is 0.321 e. The average molecular weight is 259 g/mol. The number of rotatable bonds is 4. The van der Waals surface area contributed by atoms with Gasteiger partial charge in [0.25, 0.3) is 5.91 Å². The van der Waals surface area contributed by atoms with Crippen LogP contribution in [0.5, 0.6) is 5.75 Å². The molecule has 6 nitrogen and oxygen atoms in total. The van der Waals surface area contributed by atoms with Crippen molar-refractivity contribution in [3.63, 3.8) is 0 Å². The number of carbonyl (C=O) groups is 2. The van der Waals surface area contributed by atoms with E-state index in [4.69, 9.17) is 10.00 Å². The molecule has 1 saturated carbocycles. The summed E-state index contributed by atoms with van der Waals surface area (Å²) in [6.45, 7) is -0.309. The minimum atomic E-state index is -0.550. The van der Waals surface area contributed by atoms with E-state index in [0.717, 1.165) is 12.8 Å². The molecule has 0 heterocycles.